The molecular weight excluding hydrogens is 337 g/mol. The second kappa shape index (κ2) is 6.69. The largest absolute Gasteiger partial charge is 0.573 e. The highest BCUT2D eigenvalue weighted by atomic mass is 35.5. The molecule has 1 amide bonds. The number of ether oxygens (including phenoxy) is 1. The summed E-state index contributed by atoms with van der Waals surface area (Å²) in [5.74, 6) is -1.16. The van der Waals surface area contributed by atoms with Gasteiger partial charge in [-0.15, -0.1) is 13.2 Å². The van der Waals surface area contributed by atoms with Crippen molar-refractivity contribution in [3.8, 4) is 5.75 Å². The number of nitrogens with two attached hydrogens (primary N) is 1. The van der Waals surface area contributed by atoms with E-state index >= 15 is 0 Å². The number of halogens is 4. The molecule has 1 heterocycles. The molecule has 0 atom stereocenters. The molecular formula is C13H10ClF3N4O2. The van der Waals surface area contributed by atoms with Crippen molar-refractivity contribution in [3.63, 3.8) is 0 Å². The van der Waals surface area contributed by atoms with Gasteiger partial charge in [0.05, 0.1) is 5.56 Å². The van der Waals surface area contributed by atoms with Gasteiger partial charge in [-0.05, 0) is 17.7 Å². The summed E-state index contributed by atoms with van der Waals surface area (Å²) in [4.78, 5) is 18.7. The van der Waals surface area contributed by atoms with Crippen LogP contribution in [0.5, 0.6) is 5.75 Å². The molecule has 1 aromatic carbocycles. The molecule has 0 radical (unpaired) electrons. The molecule has 0 aliphatic rings. The fraction of sp³-hybridized carbons (Fsp3) is 0.154. The van der Waals surface area contributed by atoms with Gasteiger partial charge in [0.15, 0.2) is 0 Å². The molecule has 0 bridgehead atoms. The van der Waals surface area contributed by atoms with Gasteiger partial charge < -0.3 is 15.8 Å². The number of amides is 1. The molecule has 3 N–H and O–H groups in total. The number of anilines is 1. The molecule has 0 unspecified atom stereocenters. The first-order valence-electron chi connectivity index (χ1n) is 6.16. The highest BCUT2D eigenvalue weighted by Gasteiger charge is 2.32. The van der Waals surface area contributed by atoms with Crippen molar-refractivity contribution < 1.29 is 22.7 Å². The van der Waals surface area contributed by atoms with E-state index in [4.69, 9.17) is 17.3 Å². The van der Waals surface area contributed by atoms with Crippen LogP contribution in [0, 0.1) is 0 Å². The number of hydrogen-bond acceptors (Lipinski definition) is 5. The van der Waals surface area contributed by atoms with E-state index in [1.54, 1.807) is 6.07 Å². The lowest BCUT2D eigenvalue weighted by Gasteiger charge is -2.14. The van der Waals surface area contributed by atoms with Gasteiger partial charge in [-0.1, -0.05) is 18.2 Å². The van der Waals surface area contributed by atoms with Gasteiger partial charge in [0.1, 0.15) is 11.6 Å². The molecule has 0 spiro atoms. The quantitative estimate of drug-likeness (QED) is 0.812. The number of para-hydroxylation sites is 1. The van der Waals surface area contributed by atoms with Crippen LogP contribution in [0.3, 0.4) is 0 Å². The third-order valence-corrected chi connectivity index (χ3v) is 2.85. The molecule has 0 aliphatic heterocycles. The number of nitrogens with zero attached hydrogens (tertiary/aromatic N) is 2. The first-order valence-corrected chi connectivity index (χ1v) is 6.54. The fourth-order valence-electron chi connectivity index (χ4n) is 1.73. The molecule has 0 aliphatic carbocycles. The number of aromatic nitrogens is 2. The Labute approximate surface area is 133 Å². The molecule has 23 heavy (non-hydrogen) atoms. The summed E-state index contributed by atoms with van der Waals surface area (Å²) in [6.45, 7) is -0.0973. The zero-order valence-corrected chi connectivity index (χ0v) is 12.1. The van der Waals surface area contributed by atoms with Crippen molar-refractivity contribution in [2.24, 2.45) is 5.73 Å². The maximum Gasteiger partial charge on any atom is 0.573 e. The van der Waals surface area contributed by atoms with Crippen molar-refractivity contribution in [3.05, 3.63) is 46.9 Å². The SMILES string of the molecule is NC(=O)c1cnc(Cl)nc1NCc1ccccc1OC(F)(F)F. The second-order valence-corrected chi connectivity index (χ2v) is 4.61. The van der Waals surface area contributed by atoms with E-state index < -0.39 is 12.3 Å². The van der Waals surface area contributed by atoms with Crippen LogP contribution in [0.2, 0.25) is 5.28 Å². The summed E-state index contributed by atoms with van der Waals surface area (Å²) in [6.07, 6.45) is -3.69. The van der Waals surface area contributed by atoms with E-state index in [1.807, 2.05) is 0 Å². The van der Waals surface area contributed by atoms with Gasteiger partial charge in [0, 0.05) is 18.3 Å². The van der Waals surface area contributed by atoms with E-state index in [0.29, 0.717) is 0 Å². The first-order chi connectivity index (χ1) is 10.8. The van der Waals surface area contributed by atoms with Crippen molar-refractivity contribution >= 4 is 23.3 Å². The maximum atomic E-state index is 12.4. The molecule has 6 nitrogen and oxygen atoms in total. The van der Waals surface area contributed by atoms with Crippen LogP contribution in [0.15, 0.2) is 30.5 Å². The Kier molecular flexibility index (Phi) is 4.89. The molecule has 2 aromatic rings. The normalized spacial score (nSPS) is 11.1. The van der Waals surface area contributed by atoms with Crippen LogP contribution in [-0.4, -0.2) is 22.2 Å². The molecule has 1 aromatic heterocycles. The summed E-state index contributed by atoms with van der Waals surface area (Å²) < 4.78 is 41.0. The third kappa shape index (κ3) is 4.71. The molecule has 10 heteroatoms. The van der Waals surface area contributed by atoms with Crippen LogP contribution in [-0.2, 0) is 6.54 Å². The minimum absolute atomic E-state index is 0.0133. The Morgan fingerprint density at radius 1 is 1.35 bits per heavy atom. The second-order valence-electron chi connectivity index (χ2n) is 4.27. The van der Waals surface area contributed by atoms with Crippen molar-refractivity contribution in [1.29, 1.82) is 0 Å². The smallest absolute Gasteiger partial charge is 0.405 e. The first kappa shape index (κ1) is 16.8. The van der Waals surface area contributed by atoms with Crippen molar-refractivity contribution in [1.82, 2.24) is 9.97 Å². The molecule has 0 saturated heterocycles. The zero-order chi connectivity index (χ0) is 17.0. The Morgan fingerprint density at radius 3 is 2.70 bits per heavy atom. The van der Waals surface area contributed by atoms with E-state index in [-0.39, 0.29) is 34.5 Å². The van der Waals surface area contributed by atoms with Gasteiger partial charge in [0.2, 0.25) is 5.28 Å². The average molecular weight is 347 g/mol. The number of hydrogen-bond donors (Lipinski definition) is 2. The minimum Gasteiger partial charge on any atom is -0.405 e. The third-order valence-electron chi connectivity index (χ3n) is 2.67. The highest BCUT2D eigenvalue weighted by molar-refractivity contribution is 6.28. The standard InChI is InChI=1S/C13H10ClF3N4O2/c14-12-20-6-8(10(18)22)11(21-12)19-5-7-3-1-2-4-9(7)23-13(15,16)17/h1-4,6H,5H2,(H2,18,22)(H,19,20,21). The summed E-state index contributed by atoms with van der Waals surface area (Å²) in [5, 5.41) is 2.55. The number of benzene rings is 1. The molecule has 122 valence electrons. The fourth-order valence-corrected chi connectivity index (χ4v) is 1.86. The summed E-state index contributed by atoms with van der Waals surface area (Å²) >= 11 is 5.63. The van der Waals surface area contributed by atoms with Crippen LogP contribution in [0.25, 0.3) is 0 Å². The Hall–Kier alpha value is -2.55. The van der Waals surface area contributed by atoms with Crippen molar-refractivity contribution in [2.45, 2.75) is 12.9 Å². The number of carbonyl (C=O) groups excluding carboxylic acids is 1. The van der Waals surface area contributed by atoms with Gasteiger partial charge in [0.25, 0.3) is 5.91 Å². The van der Waals surface area contributed by atoms with Crippen molar-refractivity contribution in [2.75, 3.05) is 5.32 Å². The summed E-state index contributed by atoms with van der Waals surface area (Å²) in [6, 6.07) is 5.55. The molecule has 2 rings (SSSR count). The van der Waals surface area contributed by atoms with Gasteiger partial charge >= 0.3 is 6.36 Å². The monoisotopic (exact) mass is 346 g/mol. The minimum atomic E-state index is -4.81. The Bertz CT molecular complexity index is 725. The highest BCUT2D eigenvalue weighted by Crippen LogP contribution is 2.27. The summed E-state index contributed by atoms with van der Waals surface area (Å²) in [5.41, 5.74) is 5.34. The molecule has 0 fully saturated rings. The van der Waals surface area contributed by atoms with E-state index in [9.17, 15) is 18.0 Å². The zero-order valence-electron chi connectivity index (χ0n) is 11.4. The van der Waals surface area contributed by atoms with E-state index in [1.165, 1.54) is 18.2 Å². The van der Waals surface area contributed by atoms with Gasteiger partial charge in [-0.3, -0.25) is 4.79 Å². The van der Waals surface area contributed by atoms with Gasteiger partial charge in [-0.2, -0.15) is 4.98 Å². The lowest BCUT2D eigenvalue weighted by Crippen LogP contribution is -2.19. The number of alkyl halides is 3. The maximum absolute atomic E-state index is 12.4. The average Bonchev–Trinajstić information content (AvgIpc) is 2.44. The predicted molar refractivity (Wildman–Crippen MR) is 76.0 cm³/mol. The topological polar surface area (TPSA) is 90.1 Å². The van der Waals surface area contributed by atoms with Crippen LogP contribution in [0.1, 0.15) is 15.9 Å². The van der Waals surface area contributed by atoms with Crippen LogP contribution < -0.4 is 15.8 Å². The van der Waals surface area contributed by atoms with E-state index in [0.717, 1.165) is 6.20 Å². The lowest BCUT2D eigenvalue weighted by molar-refractivity contribution is -0.274. The summed E-state index contributed by atoms with van der Waals surface area (Å²) in [7, 11) is 0. The number of nitrogens with one attached hydrogen (secondary N) is 1. The van der Waals surface area contributed by atoms with Crippen LogP contribution >= 0.6 is 11.6 Å². The number of carbonyl (C=O) groups is 1. The number of rotatable bonds is 5. The van der Waals surface area contributed by atoms with Gasteiger partial charge in [-0.25, -0.2) is 4.98 Å². The van der Waals surface area contributed by atoms with Crippen LogP contribution in [0.4, 0.5) is 19.0 Å². The predicted octanol–water partition coefficient (Wildman–Crippen LogP) is 2.74. The Balaban J connectivity index is 2.22. The number of primary amides is 1. The van der Waals surface area contributed by atoms with E-state index in [2.05, 4.69) is 20.0 Å². The Morgan fingerprint density at radius 2 is 2.04 bits per heavy atom. The molecule has 0 saturated carbocycles. The lowest BCUT2D eigenvalue weighted by atomic mass is 10.2.